The first kappa shape index (κ1) is 22.1. The summed E-state index contributed by atoms with van der Waals surface area (Å²) >= 11 is 0. The third-order valence-corrected chi connectivity index (χ3v) is 5.95. The molecule has 5 rings (SSSR count). The topological polar surface area (TPSA) is 107 Å². The van der Waals surface area contributed by atoms with Gasteiger partial charge in [-0.05, 0) is 42.2 Å². The molecule has 0 saturated heterocycles. The first-order valence-electron chi connectivity index (χ1n) is 13.2. The van der Waals surface area contributed by atoms with Crippen molar-refractivity contribution in [1.29, 1.82) is 0 Å². The van der Waals surface area contributed by atoms with Gasteiger partial charge < -0.3 is 14.8 Å². The van der Waals surface area contributed by atoms with Crippen LogP contribution < -0.4 is 19.7 Å². The van der Waals surface area contributed by atoms with Crippen molar-refractivity contribution in [3.8, 4) is 22.8 Å². The molecule has 0 fully saturated rings. The number of nitrogens with zero attached hydrogens (tertiary/aromatic N) is 4. The van der Waals surface area contributed by atoms with Crippen molar-refractivity contribution in [2.24, 2.45) is 0 Å². The quantitative estimate of drug-likeness (QED) is 0.400. The first-order valence-corrected chi connectivity index (χ1v) is 11.7. The number of fused-ring (bicyclic) bond motifs is 1. The minimum absolute atomic E-state index is 0.00536. The van der Waals surface area contributed by atoms with Gasteiger partial charge in [0, 0.05) is 21.9 Å². The Morgan fingerprint density at radius 3 is 2.72 bits per heavy atom. The number of amides is 2. The summed E-state index contributed by atoms with van der Waals surface area (Å²) in [5, 5.41) is 2.50. The number of aryl methyl sites for hydroxylation is 1. The largest absolute Gasteiger partial charge is 0.497 e. The van der Waals surface area contributed by atoms with Crippen LogP contribution in [0.15, 0.2) is 67.0 Å². The van der Waals surface area contributed by atoms with Crippen molar-refractivity contribution in [3.05, 3.63) is 95.6 Å². The first-order chi connectivity index (χ1) is 20.0. The number of benzene rings is 2. The maximum absolute atomic E-state index is 14.6. The van der Waals surface area contributed by atoms with Gasteiger partial charge in [-0.1, -0.05) is 24.3 Å². The minimum Gasteiger partial charge on any atom is -0.497 e. The maximum atomic E-state index is 14.6. The molecule has 3 heterocycles. The van der Waals surface area contributed by atoms with E-state index in [1.54, 1.807) is 24.3 Å². The van der Waals surface area contributed by atoms with Crippen LogP contribution in [0.3, 0.4) is 0 Å². The number of carbonyl (C=O) groups excluding carboxylic acids is 2. The Hall–Kier alpha value is -4.93. The van der Waals surface area contributed by atoms with E-state index in [-0.39, 0.29) is 41.5 Å². The van der Waals surface area contributed by atoms with Gasteiger partial charge in [0.2, 0.25) is 5.82 Å². The highest BCUT2D eigenvalue weighted by molar-refractivity contribution is 6.02. The molecule has 1 N–H and O–H groups in total. The van der Waals surface area contributed by atoms with E-state index < -0.39 is 42.2 Å². The van der Waals surface area contributed by atoms with E-state index >= 15 is 0 Å². The van der Waals surface area contributed by atoms with Crippen LogP contribution in [0.4, 0.5) is 14.6 Å². The molecule has 0 aliphatic carbocycles. The molecule has 2 amide bonds. The van der Waals surface area contributed by atoms with Crippen molar-refractivity contribution >= 4 is 17.6 Å². The van der Waals surface area contributed by atoms with Crippen molar-refractivity contribution in [3.63, 3.8) is 0 Å². The molecule has 0 spiro atoms. The molecule has 0 bridgehead atoms. The number of aromatic nitrogens is 3. The fourth-order valence-electron chi connectivity index (χ4n) is 4.00. The number of anilines is 1. The lowest BCUT2D eigenvalue weighted by Gasteiger charge is -2.24. The van der Waals surface area contributed by atoms with E-state index in [1.807, 2.05) is 0 Å². The Labute approximate surface area is 226 Å². The van der Waals surface area contributed by atoms with Crippen molar-refractivity contribution in [1.82, 2.24) is 20.3 Å². The van der Waals surface area contributed by atoms with E-state index in [4.69, 9.17) is 13.6 Å². The molecule has 2 aromatic carbocycles. The predicted molar refractivity (Wildman–Crippen MR) is 137 cm³/mol. The van der Waals surface area contributed by atoms with Gasteiger partial charge in [-0.3, -0.25) is 14.5 Å². The molecule has 39 heavy (non-hydrogen) atoms. The second-order valence-electron chi connectivity index (χ2n) is 8.52. The van der Waals surface area contributed by atoms with Gasteiger partial charge in [-0.2, -0.15) is 0 Å². The highest BCUT2D eigenvalue weighted by Crippen LogP contribution is 2.31. The summed E-state index contributed by atoms with van der Waals surface area (Å²) in [4.78, 5) is 40.3. The lowest BCUT2D eigenvalue weighted by Crippen LogP contribution is -2.50. The number of halogens is 2. The number of ether oxygens (including phenoxy) is 2. The zero-order chi connectivity index (χ0) is 30.0. The molecule has 4 aromatic rings. The van der Waals surface area contributed by atoms with Crippen LogP contribution >= 0.6 is 0 Å². The van der Waals surface area contributed by atoms with Gasteiger partial charge in [-0.25, -0.2) is 23.7 Å². The van der Waals surface area contributed by atoms with Crippen LogP contribution in [0.2, 0.25) is 0 Å². The Morgan fingerprint density at radius 2 is 1.97 bits per heavy atom. The minimum atomic E-state index is -2.70. The molecule has 11 heteroatoms. The van der Waals surface area contributed by atoms with Crippen molar-refractivity contribution in [2.45, 2.75) is 19.4 Å². The second-order valence-corrected chi connectivity index (χ2v) is 8.52. The summed E-state index contributed by atoms with van der Waals surface area (Å²) < 4.78 is 62.9. The monoisotopic (exact) mass is 534 g/mol. The Balaban J connectivity index is 1.46. The lowest BCUT2D eigenvalue weighted by atomic mass is 10.1. The van der Waals surface area contributed by atoms with Crippen LogP contribution in [-0.4, -0.2) is 46.5 Å². The SMILES string of the molecule is [2H]C([2H])([2H])c1cnc(C(=O)N[C@H]2COc3cc(F)cnc3N(Cc3ccc(OC)cc3)C2=O)nc1-c1ccccc1F. The fourth-order valence-corrected chi connectivity index (χ4v) is 4.00. The Kier molecular flexibility index (Phi) is 6.13. The molecule has 1 aliphatic rings. The third-order valence-electron chi connectivity index (χ3n) is 5.95. The van der Waals surface area contributed by atoms with E-state index in [0.717, 1.165) is 24.5 Å². The number of pyridine rings is 1. The zero-order valence-corrected chi connectivity index (χ0v) is 20.5. The number of hydrogen-bond acceptors (Lipinski definition) is 7. The smallest absolute Gasteiger partial charge is 0.289 e. The molecule has 0 radical (unpaired) electrons. The number of methoxy groups -OCH3 is 1. The highest BCUT2D eigenvalue weighted by atomic mass is 19.1. The number of carbonyl (C=O) groups is 2. The molecule has 2 aromatic heterocycles. The molecule has 1 atom stereocenters. The third kappa shape index (κ3) is 5.37. The normalized spacial score (nSPS) is 16.2. The highest BCUT2D eigenvalue weighted by Gasteiger charge is 2.34. The van der Waals surface area contributed by atoms with Crippen LogP contribution in [0, 0.1) is 18.5 Å². The van der Waals surface area contributed by atoms with Crippen LogP contribution in [0.5, 0.6) is 11.5 Å². The van der Waals surface area contributed by atoms with Crippen molar-refractivity contribution < 1.29 is 32.0 Å². The molecular formula is C28H23F2N5O4. The van der Waals surface area contributed by atoms with Gasteiger partial charge in [0.25, 0.3) is 11.8 Å². The van der Waals surface area contributed by atoms with E-state index in [1.165, 1.54) is 30.2 Å². The van der Waals surface area contributed by atoms with E-state index in [9.17, 15) is 18.4 Å². The summed E-state index contributed by atoms with van der Waals surface area (Å²) in [7, 11) is 1.52. The Morgan fingerprint density at radius 1 is 1.18 bits per heavy atom. The molecule has 0 saturated carbocycles. The number of rotatable bonds is 6. The molecule has 198 valence electrons. The average Bonchev–Trinajstić information content (AvgIpc) is 3.09. The summed E-state index contributed by atoms with van der Waals surface area (Å²) in [6.07, 6.45) is 1.88. The van der Waals surface area contributed by atoms with Crippen LogP contribution in [0.1, 0.15) is 25.9 Å². The van der Waals surface area contributed by atoms with Gasteiger partial charge in [0.05, 0.1) is 25.5 Å². The fraction of sp³-hybridized carbons (Fsp3) is 0.179. The van der Waals surface area contributed by atoms with E-state index in [0.29, 0.717) is 11.3 Å². The summed E-state index contributed by atoms with van der Waals surface area (Å²) in [5.41, 5.74) is -0.0911. The zero-order valence-electron chi connectivity index (χ0n) is 23.5. The van der Waals surface area contributed by atoms with E-state index in [2.05, 4.69) is 20.3 Å². The van der Waals surface area contributed by atoms with Crippen molar-refractivity contribution in [2.75, 3.05) is 18.6 Å². The Bertz CT molecular complexity index is 1650. The maximum Gasteiger partial charge on any atom is 0.289 e. The van der Waals surface area contributed by atoms with Gasteiger partial charge >= 0.3 is 0 Å². The predicted octanol–water partition coefficient (Wildman–Crippen LogP) is 3.86. The average molecular weight is 535 g/mol. The molecule has 0 unspecified atom stereocenters. The molecular weight excluding hydrogens is 508 g/mol. The van der Waals surface area contributed by atoms with Gasteiger partial charge in [0.15, 0.2) is 11.6 Å². The van der Waals surface area contributed by atoms with Gasteiger partial charge in [0.1, 0.15) is 30.0 Å². The van der Waals surface area contributed by atoms with Crippen LogP contribution in [0.25, 0.3) is 11.3 Å². The van der Waals surface area contributed by atoms with Gasteiger partial charge in [-0.15, -0.1) is 0 Å². The van der Waals surface area contributed by atoms with Crippen LogP contribution in [-0.2, 0) is 11.3 Å². The number of nitrogens with one attached hydrogen (secondary N) is 1. The second kappa shape index (κ2) is 10.8. The summed E-state index contributed by atoms with van der Waals surface area (Å²) in [5.74, 6) is -2.84. The standard InChI is InChI=1S/C28H23F2N5O4/c1-16-12-31-25(34-24(16)20-5-3-4-6-21(20)30)27(36)33-22-15-39-23-11-18(29)13-32-26(23)35(28(22)37)14-17-7-9-19(38-2)10-8-17/h3-13,22H,14-15H2,1-2H3,(H,33,36)/t22-/m0/s1/i1D3. The lowest BCUT2D eigenvalue weighted by molar-refractivity contribution is -0.120. The summed E-state index contributed by atoms with van der Waals surface area (Å²) in [6, 6.07) is 12.1. The molecule has 1 aliphatic heterocycles. The number of hydrogen-bond donors (Lipinski definition) is 1. The summed E-state index contributed by atoms with van der Waals surface area (Å²) in [6.45, 7) is -3.07. The molecule has 9 nitrogen and oxygen atoms in total.